The van der Waals surface area contributed by atoms with Crippen molar-refractivity contribution in [1.29, 1.82) is 0 Å². The monoisotopic (exact) mass is 242 g/mol. The zero-order valence-corrected chi connectivity index (χ0v) is 11.9. The molecule has 1 aromatic carbocycles. The first-order chi connectivity index (χ1) is 8.49. The second-order valence-corrected chi connectivity index (χ2v) is 5.56. The normalized spacial score (nSPS) is 11.5. The summed E-state index contributed by atoms with van der Waals surface area (Å²) in [6.45, 7) is 9.03. The van der Waals surface area contributed by atoms with Gasteiger partial charge in [-0.3, -0.25) is 4.68 Å². The smallest absolute Gasteiger partial charge is 0.0568 e. The van der Waals surface area contributed by atoms with Crippen molar-refractivity contribution in [3.63, 3.8) is 0 Å². The number of aryl methyl sites for hydroxylation is 1. The number of aromatic nitrogens is 2. The van der Waals surface area contributed by atoms with Crippen molar-refractivity contribution < 1.29 is 0 Å². The van der Waals surface area contributed by atoms with E-state index in [1.165, 1.54) is 22.3 Å². The predicted octanol–water partition coefficient (Wildman–Crippen LogP) is 4.33. The molecule has 1 heterocycles. The lowest BCUT2D eigenvalue weighted by molar-refractivity contribution is 0.768. The molecule has 0 fully saturated rings. The van der Waals surface area contributed by atoms with E-state index in [2.05, 4.69) is 57.2 Å². The van der Waals surface area contributed by atoms with Gasteiger partial charge in [0.15, 0.2) is 0 Å². The summed E-state index contributed by atoms with van der Waals surface area (Å²) in [5.41, 5.74) is 5.36. The highest BCUT2D eigenvalue weighted by Crippen LogP contribution is 2.30. The number of benzene rings is 1. The first-order valence-electron chi connectivity index (χ1n) is 6.62. The van der Waals surface area contributed by atoms with Crippen LogP contribution >= 0.6 is 0 Å². The van der Waals surface area contributed by atoms with Crippen molar-refractivity contribution in [3.8, 4) is 11.1 Å². The largest absolute Gasteiger partial charge is 0.275 e. The van der Waals surface area contributed by atoms with Crippen molar-refractivity contribution in [1.82, 2.24) is 9.78 Å². The van der Waals surface area contributed by atoms with E-state index >= 15 is 0 Å². The molecule has 0 aliphatic heterocycles. The van der Waals surface area contributed by atoms with Crippen LogP contribution in [0.3, 0.4) is 0 Å². The van der Waals surface area contributed by atoms with E-state index in [0.29, 0.717) is 11.8 Å². The van der Waals surface area contributed by atoms with Crippen molar-refractivity contribution in [2.75, 3.05) is 0 Å². The van der Waals surface area contributed by atoms with Gasteiger partial charge in [-0.25, -0.2) is 0 Å². The molecule has 0 amide bonds. The lowest BCUT2D eigenvalue weighted by atomic mass is 9.88. The Hall–Kier alpha value is -1.57. The van der Waals surface area contributed by atoms with Crippen LogP contribution in [-0.2, 0) is 7.05 Å². The van der Waals surface area contributed by atoms with Gasteiger partial charge in [0.2, 0.25) is 0 Å². The molecule has 2 aromatic rings. The molecular formula is C16H22N2. The van der Waals surface area contributed by atoms with E-state index in [9.17, 15) is 0 Å². The van der Waals surface area contributed by atoms with Gasteiger partial charge in [-0.05, 0) is 28.5 Å². The number of nitrogens with zero attached hydrogens (tertiary/aromatic N) is 2. The van der Waals surface area contributed by atoms with Crippen LogP contribution in [0.25, 0.3) is 11.1 Å². The first kappa shape index (κ1) is 12.9. The highest BCUT2D eigenvalue weighted by Gasteiger charge is 2.11. The Kier molecular flexibility index (Phi) is 3.55. The molecule has 0 saturated heterocycles. The molecule has 0 aliphatic carbocycles. The number of hydrogen-bond donors (Lipinski definition) is 0. The predicted molar refractivity (Wildman–Crippen MR) is 76.8 cm³/mol. The van der Waals surface area contributed by atoms with Crippen LogP contribution in [0.1, 0.15) is 50.7 Å². The zero-order chi connectivity index (χ0) is 13.3. The van der Waals surface area contributed by atoms with Crippen LogP contribution in [0.15, 0.2) is 30.6 Å². The van der Waals surface area contributed by atoms with Gasteiger partial charge in [0, 0.05) is 18.8 Å². The SMILES string of the molecule is CC(C)c1ccc(-c2cnn(C)c2)cc1C(C)C. The Labute approximate surface area is 110 Å². The van der Waals surface area contributed by atoms with Gasteiger partial charge < -0.3 is 0 Å². The maximum Gasteiger partial charge on any atom is 0.0568 e. The molecule has 0 N–H and O–H groups in total. The molecule has 96 valence electrons. The molecule has 0 atom stereocenters. The summed E-state index contributed by atoms with van der Waals surface area (Å²) in [6, 6.07) is 6.79. The molecular weight excluding hydrogens is 220 g/mol. The molecule has 0 bridgehead atoms. The van der Waals surface area contributed by atoms with Gasteiger partial charge in [0.1, 0.15) is 0 Å². The van der Waals surface area contributed by atoms with E-state index < -0.39 is 0 Å². The summed E-state index contributed by atoms with van der Waals surface area (Å²) >= 11 is 0. The second-order valence-electron chi connectivity index (χ2n) is 5.56. The second kappa shape index (κ2) is 4.97. The minimum absolute atomic E-state index is 0.555. The van der Waals surface area contributed by atoms with E-state index in [0.717, 1.165) is 0 Å². The maximum atomic E-state index is 4.24. The van der Waals surface area contributed by atoms with E-state index in [1.807, 2.05) is 17.9 Å². The van der Waals surface area contributed by atoms with Gasteiger partial charge in [-0.15, -0.1) is 0 Å². The van der Waals surface area contributed by atoms with Crippen molar-refractivity contribution >= 4 is 0 Å². The third-order valence-electron chi connectivity index (χ3n) is 3.37. The Morgan fingerprint density at radius 2 is 1.61 bits per heavy atom. The highest BCUT2D eigenvalue weighted by atomic mass is 15.2. The third kappa shape index (κ3) is 2.47. The van der Waals surface area contributed by atoms with E-state index in [-0.39, 0.29) is 0 Å². The third-order valence-corrected chi connectivity index (χ3v) is 3.37. The molecule has 0 unspecified atom stereocenters. The molecule has 18 heavy (non-hydrogen) atoms. The number of rotatable bonds is 3. The Bertz CT molecular complexity index is 536. The standard InChI is InChI=1S/C16H22N2/c1-11(2)15-7-6-13(8-16(15)12(3)4)14-9-17-18(5)10-14/h6-12H,1-5H3. The Balaban J connectivity index is 2.49. The fraction of sp³-hybridized carbons (Fsp3) is 0.438. The quantitative estimate of drug-likeness (QED) is 0.783. The minimum Gasteiger partial charge on any atom is -0.275 e. The van der Waals surface area contributed by atoms with Gasteiger partial charge in [-0.2, -0.15) is 5.10 Å². The summed E-state index contributed by atoms with van der Waals surface area (Å²) in [4.78, 5) is 0. The topological polar surface area (TPSA) is 17.8 Å². The average molecular weight is 242 g/mol. The molecule has 2 nitrogen and oxygen atoms in total. The molecule has 0 radical (unpaired) electrons. The van der Waals surface area contributed by atoms with Gasteiger partial charge >= 0.3 is 0 Å². The maximum absolute atomic E-state index is 4.24. The van der Waals surface area contributed by atoms with Crippen LogP contribution in [0.2, 0.25) is 0 Å². The fourth-order valence-electron chi connectivity index (χ4n) is 2.35. The molecule has 2 rings (SSSR count). The van der Waals surface area contributed by atoms with Crippen molar-refractivity contribution in [2.24, 2.45) is 7.05 Å². The van der Waals surface area contributed by atoms with Gasteiger partial charge in [-0.1, -0.05) is 45.9 Å². The molecule has 1 aromatic heterocycles. The summed E-state index contributed by atoms with van der Waals surface area (Å²) in [7, 11) is 1.95. The summed E-state index contributed by atoms with van der Waals surface area (Å²) in [6.07, 6.45) is 3.99. The lowest BCUT2D eigenvalue weighted by Crippen LogP contribution is -1.98. The molecule has 0 aliphatic rings. The van der Waals surface area contributed by atoms with Crippen LogP contribution in [-0.4, -0.2) is 9.78 Å². The summed E-state index contributed by atoms with van der Waals surface area (Å²) in [5.74, 6) is 1.13. The zero-order valence-electron chi connectivity index (χ0n) is 11.9. The van der Waals surface area contributed by atoms with Crippen molar-refractivity contribution in [2.45, 2.75) is 39.5 Å². The van der Waals surface area contributed by atoms with Crippen LogP contribution in [0, 0.1) is 0 Å². The number of hydrogen-bond acceptors (Lipinski definition) is 1. The average Bonchev–Trinajstić information content (AvgIpc) is 2.75. The van der Waals surface area contributed by atoms with Crippen molar-refractivity contribution in [3.05, 3.63) is 41.7 Å². The molecule has 0 saturated carbocycles. The summed E-state index contributed by atoms with van der Waals surface area (Å²) in [5, 5.41) is 4.24. The summed E-state index contributed by atoms with van der Waals surface area (Å²) < 4.78 is 1.85. The van der Waals surface area contributed by atoms with Crippen LogP contribution in [0.5, 0.6) is 0 Å². The van der Waals surface area contributed by atoms with Gasteiger partial charge in [0.05, 0.1) is 6.20 Å². The first-order valence-corrected chi connectivity index (χ1v) is 6.62. The van der Waals surface area contributed by atoms with Crippen LogP contribution in [0.4, 0.5) is 0 Å². The highest BCUT2D eigenvalue weighted by molar-refractivity contribution is 5.64. The lowest BCUT2D eigenvalue weighted by Gasteiger charge is -2.17. The van der Waals surface area contributed by atoms with Crippen LogP contribution < -0.4 is 0 Å². The molecule has 2 heteroatoms. The Morgan fingerprint density at radius 3 is 2.11 bits per heavy atom. The fourth-order valence-corrected chi connectivity index (χ4v) is 2.35. The Morgan fingerprint density at radius 1 is 0.944 bits per heavy atom. The van der Waals surface area contributed by atoms with E-state index in [1.54, 1.807) is 0 Å². The molecule has 0 spiro atoms. The van der Waals surface area contributed by atoms with E-state index in [4.69, 9.17) is 0 Å². The van der Waals surface area contributed by atoms with Gasteiger partial charge in [0.25, 0.3) is 0 Å². The minimum atomic E-state index is 0.555.